The molecule has 2 aromatic heterocycles. The molecular weight excluding hydrogens is 468 g/mol. The zero-order valence-corrected chi connectivity index (χ0v) is 21.1. The lowest BCUT2D eigenvalue weighted by molar-refractivity contribution is -0.140. The monoisotopic (exact) mass is 496 g/mol. The number of hydrogen-bond acceptors (Lipinski definition) is 6. The van der Waals surface area contributed by atoms with E-state index in [0.717, 1.165) is 33.8 Å². The number of aryl methyl sites for hydroxylation is 2. The van der Waals surface area contributed by atoms with Gasteiger partial charge in [0.1, 0.15) is 11.8 Å². The number of unbranched alkanes of at least 4 members (excludes halogenated alkanes) is 1. The Labute approximate surface area is 213 Å². The number of hydrogen-bond donors (Lipinski definition) is 1. The van der Waals surface area contributed by atoms with Crippen molar-refractivity contribution in [2.24, 2.45) is 0 Å². The van der Waals surface area contributed by atoms with Gasteiger partial charge in [0.05, 0.1) is 16.3 Å². The van der Waals surface area contributed by atoms with Gasteiger partial charge in [0.2, 0.25) is 5.43 Å². The predicted molar refractivity (Wildman–Crippen MR) is 145 cm³/mol. The van der Waals surface area contributed by atoms with Gasteiger partial charge in [-0.25, -0.2) is 10.3 Å². The Kier molecular flexibility index (Phi) is 6.53. The topological polar surface area (TPSA) is 90.5 Å². The van der Waals surface area contributed by atoms with Crippen molar-refractivity contribution in [3.05, 3.63) is 87.8 Å². The van der Waals surface area contributed by atoms with E-state index in [2.05, 4.69) is 10.0 Å². The molecule has 0 fully saturated rings. The zero-order chi connectivity index (χ0) is 26.1. The van der Waals surface area contributed by atoms with E-state index in [-0.39, 0.29) is 23.3 Å². The molecule has 37 heavy (non-hydrogen) atoms. The summed E-state index contributed by atoms with van der Waals surface area (Å²) in [5, 5.41) is 1.95. The van der Waals surface area contributed by atoms with Crippen LogP contribution in [0.15, 0.2) is 70.1 Å². The maximum absolute atomic E-state index is 13.3. The highest BCUT2D eigenvalue weighted by molar-refractivity contribution is 6.21. The average Bonchev–Trinajstić information content (AvgIpc) is 3.24. The molecule has 5 rings (SSSR count). The van der Waals surface area contributed by atoms with Crippen molar-refractivity contribution < 1.29 is 18.8 Å². The highest BCUT2D eigenvalue weighted by Gasteiger charge is 2.20. The van der Waals surface area contributed by atoms with E-state index in [9.17, 15) is 14.4 Å². The third-order valence-electron chi connectivity index (χ3n) is 6.74. The van der Waals surface area contributed by atoms with Gasteiger partial charge in [0, 0.05) is 35.0 Å². The van der Waals surface area contributed by atoms with Crippen molar-refractivity contribution in [2.75, 3.05) is 5.48 Å². The number of anilines is 1. The lowest BCUT2D eigenvalue weighted by Gasteiger charge is -2.07. The van der Waals surface area contributed by atoms with Gasteiger partial charge in [-0.3, -0.25) is 9.59 Å². The number of fused-ring (bicyclic) bond motifs is 5. The summed E-state index contributed by atoms with van der Waals surface area (Å²) in [6.07, 6.45) is 3.12. The largest absolute Gasteiger partial charge is 0.461 e. The van der Waals surface area contributed by atoms with Gasteiger partial charge in [-0.2, -0.15) is 0 Å². The second kappa shape index (κ2) is 9.93. The van der Waals surface area contributed by atoms with Gasteiger partial charge in [-0.15, -0.1) is 0 Å². The van der Waals surface area contributed by atoms with Crippen LogP contribution in [0.1, 0.15) is 54.6 Å². The Morgan fingerprint density at radius 2 is 1.78 bits per heavy atom. The van der Waals surface area contributed by atoms with Crippen LogP contribution in [0.2, 0.25) is 0 Å². The third-order valence-corrected chi connectivity index (χ3v) is 6.74. The molecule has 0 radical (unpaired) electrons. The Bertz CT molecular complexity index is 1730. The molecule has 1 N–H and O–H groups in total. The first-order chi connectivity index (χ1) is 17.9. The molecule has 188 valence electrons. The number of nitrogens with zero attached hydrogens (tertiary/aromatic N) is 1. The first-order valence-electron chi connectivity index (χ1n) is 12.5. The Morgan fingerprint density at radius 1 is 1.00 bits per heavy atom. The van der Waals surface area contributed by atoms with Crippen LogP contribution in [-0.4, -0.2) is 16.3 Å². The highest BCUT2D eigenvalue weighted by atomic mass is 16.7. The number of ketones is 1. The van der Waals surface area contributed by atoms with E-state index < -0.39 is 5.97 Å². The quantitative estimate of drug-likeness (QED) is 0.194. The lowest BCUT2D eigenvalue weighted by Crippen LogP contribution is -2.16. The van der Waals surface area contributed by atoms with Crippen molar-refractivity contribution in [2.45, 2.75) is 46.6 Å². The molecule has 0 aliphatic rings. The molecule has 0 amide bonds. The van der Waals surface area contributed by atoms with Crippen LogP contribution < -0.4 is 10.9 Å². The summed E-state index contributed by atoms with van der Waals surface area (Å²) in [7, 11) is 0. The first-order valence-corrected chi connectivity index (χ1v) is 12.5. The Morgan fingerprint density at radius 3 is 2.54 bits per heavy atom. The fourth-order valence-corrected chi connectivity index (χ4v) is 4.80. The van der Waals surface area contributed by atoms with Gasteiger partial charge < -0.3 is 13.8 Å². The fraction of sp³-hybridized carbons (Fsp3) is 0.233. The summed E-state index contributed by atoms with van der Waals surface area (Å²) in [5.74, 6) is -0.496. The van der Waals surface area contributed by atoms with Gasteiger partial charge in [-0.1, -0.05) is 37.6 Å². The van der Waals surface area contributed by atoms with E-state index in [1.165, 1.54) is 6.26 Å². The minimum atomic E-state index is -0.436. The fourth-order valence-electron chi connectivity index (χ4n) is 4.80. The zero-order valence-electron chi connectivity index (χ0n) is 21.1. The predicted octanol–water partition coefficient (Wildman–Crippen LogP) is 6.52. The van der Waals surface area contributed by atoms with Crippen molar-refractivity contribution in [1.29, 1.82) is 0 Å². The van der Waals surface area contributed by atoms with E-state index in [1.807, 2.05) is 69.3 Å². The summed E-state index contributed by atoms with van der Waals surface area (Å²) in [6, 6.07) is 16.8. The molecule has 0 saturated heterocycles. The number of carbonyl (C=O) groups excluding carboxylic acids is 2. The third kappa shape index (κ3) is 4.27. The maximum Gasteiger partial charge on any atom is 0.332 e. The van der Waals surface area contributed by atoms with Crippen LogP contribution in [0.5, 0.6) is 0 Å². The van der Waals surface area contributed by atoms with E-state index in [1.54, 1.807) is 6.07 Å². The summed E-state index contributed by atoms with van der Waals surface area (Å²) in [4.78, 5) is 43.5. The van der Waals surface area contributed by atoms with E-state index >= 15 is 0 Å². The normalized spacial score (nSPS) is 11.3. The number of carbonyl (C=O) groups is 2. The van der Waals surface area contributed by atoms with Crippen LogP contribution in [0.25, 0.3) is 32.8 Å². The smallest absolute Gasteiger partial charge is 0.332 e. The van der Waals surface area contributed by atoms with Gasteiger partial charge in [0.15, 0.2) is 11.5 Å². The standard InChI is InChI=1S/C30H28N2O5/c1-4-6-11-26(33)37-31-23-17-36-30-21(29(23)35)13-15-25-27(30)22-16-19(12-14-24(22)32(25)5-2)28(34)20-10-8-7-9-18(20)3/h7-10,12-17,31H,4-6,11H2,1-3H3. The molecule has 7 nitrogen and oxygen atoms in total. The van der Waals surface area contributed by atoms with Crippen LogP contribution in [0, 0.1) is 6.92 Å². The molecule has 2 heterocycles. The molecule has 0 bridgehead atoms. The van der Waals surface area contributed by atoms with Gasteiger partial charge in [0.25, 0.3) is 0 Å². The summed E-state index contributed by atoms with van der Waals surface area (Å²) >= 11 is 0. The Balaban J connectivity index is 1.64. The van der Waals surface area contributed by atoms with Crippen molar-refractivity contribution in [3.63, 3.8) is 0 Å². The van der Waals surface area contributed by atoms with Gasteiger partial charge in [-0.05, 0) is 56.2 Å². The number of nitrogens with one attached hydrogen (secondary N) is 1. The van der Waals surface area contributed by atoms with Crippen molar-refractivity contribution in [1.82, 2.24) is 4.57 Å². The molecule has 0 atom stereocenters. The first kappa shape index (κ1) is 24.3. The lowest BCUT2D eigenvalue weighted by atomic mass is 9.97. The minimum absolute atomic E-state index is 0.0475. The molecule has 0 unspecified atom stereocenters. The van der Waals surface area contributed by atoms with Crippen LogP contribution in [-0.2, 0) is 16.2 Å². The van der Waals surface area contributed by atoms with Gasteiger partial charge >= 0.3 is 5.97 Å². The summed E-state index contributed by atoms with van der Waals surface area (Å²) < 4.78 is 8.10. The SMILES string of the molecule is CCCCC(=O)ONc1coc2c(ccc3c2c2cc(C(=O)c4ccccc4C)ccc2n3CC)c1=O. The van der Waals surface area contributed by atoms with Crippen LogP contribution in [0.3, 0.4) is 0 Å². The van der Waals surface area contributed by atoms with Crippen molar-refractivity contribution in [3.8, 4) is 0 Å². The molecule has 5 aromatic rings. The van der Waals surface area contributed by atoms with Crippen molar-refractivity contribution >= 4 is 50.2 Å². The number of benzene rings is 3. The molecule has 3 aromatic carbocycles. The molecule has 7 heteroatoms. The Hall–Kier alpha value is -4.39. The average molecular weight is 497 g/mol. The summed E-state index contributed by atoms with van der Waals surface area (Å²) in [5.41, 5.74) is 6.57. The molecule has 0 spiro atoms. The molecule has 0 saturated carbocycles. The second-order valence-electron chi connectivity index (χ2n) is 9.11. The van der Waals surface area contributed by atoms with E-state index in [0.29, 0.717) is 35.1 Å². The molecular formula is C30H28N2O5. The second-order valence-corrected chi connectivity index (χ2v) is 9.11. The van der Waals surface area contributed by atoms with E-state index in [4.69, 9.17) is 9.25 Å². The van der Waals surface area contributed by atoms with Crippen LogP contribution >= 0.6 is 0 Å². The molecule has 0 aliphatic heterocycles. The maximum atomic E-state index is 13.3. The summed E-state index contributed by atoms with van der Waals surface area (Å²) in [6.45, 7) is 6.65. The number of rotatable bonds is 8. The van der Waals surface area contributed by atoms with Crippen LogP contribution in [0.4, 0.5) is 5.69 Å². The highest BCUT2D eigenvalue weighted by Crippen LogP contribution is 2.35. The minimum Gasteiger partial charge on any atom is -0.461 e. The molecule has 0 aliphatic carbocycles. The number of aromatic nitrogens is 1.